The van der Waals surface area contributed by atoms with E-state index < -0.39 is 5.97 Å². The minimum Gasteiger partial charge on any atom is -0.480 e. The van der Waals surface area contributed by atoms with E-state index in [1.165, 1.54) is 6.20 Å². The lowest BCUT2D eigenvalue weighted by Crippen LogP contribution is -2.11. The molecular weight excluding hydrogens is 242 g/mol. The Morgan fingerprint density at radius 1 is 1.59 bits per heavy atom. The van der Waals surface area contributed by atoms with Crippen molar-refractivity contribution >= 4 is 28.7 Å². The monoisotopic (exact) mass is 251 g/mol. The van der Waals surface area contributed by atoms with Gasteiger partial charge in [0, 0.05) is 12.1 Å². The first-order valence-corrected chi connectivity index (χ1v) is 5.76. The zero-order chi connectivity index (χ0) is 12.0. The summed E-state index contributed by atoms with van der Waals surface area (Å²) in [5.74, 6) is 0.308. The van der Waals surface area contributed by atoms with Crippen molar-refractivity contribution in [2.45, 2.75) is 25.3 Å². The van der Waals surface area contributed by atoms with E-state index in [1.54, 1.807) is 10.6 Å². The fraction of sp³-hybridized carbons (Fsp3) is 0.364. The Hall–Kier alpha value is -1.62. The quantitative estimate of drug-likeness (QED) is 0.907. The molecule has 0 saturated heterocycles. The summed E-state index contributed by atoms with van der Waals surface area (Å²) in [6.07, 6.45) is 3.65. The molecule has 0 spiro atoms. The van der Waals surface area contributed by atoms with Crippen molar-refractivity contribution in [2.24, 2.45) is 0 Å². The smallest absolute Gasteiger partial charge is 0.323 e. The highest BCUT2D eigenvalue weighted by atomic mass is 35.5. The Morgan fingerprint density at radius 3 is 3.00 bits per heavy atom. The summed E-state index contributed by atoms with van der Waals surface area (Å²) in [6.45, 7) is -0.100. The molecule has 1 saturated carbocycles. The number of imidazole rings is 1. The van der Waals surface area contributed by atoms with E-state index in [4.69, 9.17) is 16.7 Å². The highest BCUT2D eigenvalue weighted by Gasteiger charge is 2.30. The molecule has 0 radical (unpaired) electrons. The fourth-order valence-corrected chi connectivity index (χ4v) is 2.10. The first kappa shape index (κ1) is 10.5. The third-order valence-electron chi connectivity index (χ3n) is 2.82. The van der Waals surface area contributed by atoms with Crippen molar-refractivity contribution in [3.8, 4) is 0 Å². The van der Waals surface area contributed by atoms with Gasteiger partial charge in [-0.1, -0.05) is 11.6 Å². The maximum atomic E-state index is 10.9. The largest absolute Gasteiger partial charge is 0.480 e. The standard InChI is InChI=1S/C11H10ClN3O2/c12-7-3-8-11(13-4-7)15(5-9(16)17)10(14-8)6-1-2-6/h3-4,6H,1-2,5H2,(H,16,17). The van der Waals surface area contributed by atoms with Crippen LogP contribution in [0.5, 0.6) is 0 Å². The molecule has 0 aliphatic heterocycles. The van der Waals surface area contributed by atoms with Gasteiger partial charge < -0.3 is 9.67 Å². The molecule has 17 heavy (non-hydrogen) atoms. The first-order valence-electron chi connectivity index (χ1n) is 5.38. The summed E-state index contributed by atoms with van der Waals surface area (Å²) in [5.41, 5.74) is 1.26. The molecule has 1 N–H and O–H groups in total. The van der Waals surface area contributed by atoms with Gasteiger partial charge in [-0.2, -0.15) is 0 Å². The number of nitrogens with zero attached hydrogens (tertiary/aromatic N) is 3. The molecule has 2 aromatic heterocycles. The average molecular weight is 252 g/mol. The van der Waals surface area contributed by atoms with Crippen LogP contribution in [-0.2, 0) is 11.3 Å². The van der Waals surface area contributed by atoms with Crippen LogP contribution in [0.1, 0.15) is 24.6 Å². The third-order valence-corrected chi connectivity index (χ3v) is 3.02. The van der Waals surface area contributed by atoms with Crippen molar-refractivity contribution < 1.29 is 9.90 Å². The van der Waals surface area contributed by atoms with Gasteiger partial charge in [-0.05, 0) is 18.9 Å². The lowest BCUT2D eigenvalue weighted by Gasteiger charge is -2.03. The van der Waals surface area contributed by atoms with Gasteiger partial charge in [-0.15, -0.1) is 0 Å². The van der Waals surface area contributed by atoms with E-state index in [0.29, 0.717) is 22.1 Å². The number of carboxylic acids is 1. The van der Waals surface area contributed by atoms with Crippen LogP contribution in [0, 0.1) is 0 Å². The molecule has 0 aromatic carbocycles. The van der Waals surface area contributed by atoms with Crippen LogP contribution >= 0.6 is 11.6 Å². The number of carbonyl (C=O) groups is 1. The SMILES string of the molecule is O=C(O)Cn1c(C2CC2)nc2cc(Cl)cnc21. The van der Waals surface area contributed by atoms with Gasteiger partial charge in [0.25, 0.3) is 0 Å². The van der Waals surface area contributed by atoms with Crippen LogP contribution < -0.4 is 0 Å². The van der Waals surface area contributed by atoms with Gasteiger partial charge in [0.1, 0.15) is 17.9 Å². The zero-order valence-electron chi connectivity index (χ0n) is 8.93. The number of pyridine rings is 1. The van der Waals surface area contributed by atoms with Crippen LogP contribution in [-0.4, -0.2) is 25.6 Å². The second-order valence-electron chi connectivity index (χ2n) is 4.22. The maximum absolute atomic E-state index is 10.9. The van der Waals surface area contributed by atoms with Gasteiger partial charge >= 0.3 is 5.97 Å². The molecule has 0 unspecified atom stereocenters. The summed E-state index contributed by atoms with van der Waals surface area (Å²) in [5, 5.41) is 9.44. The highest BCUT2D eigenvalue weighted by Crippen LogP contribution is 2.40. The second kappa shape index (κ2) is 3.70. The number of carboxylic acid groups (broad SMARTS) is 1. The number of hydrogen-bond donors (Lipinski definition) is 1. The lowest BCUT2D eigenvalue weighted by atomic mass is 10.4. The minimum atomic E-state index is -0.886. The molecule has 0 amide bonds. The molecule has 6 heteroatoms. The lowest BCUT2D eigenvalue weighted by molar-refractivity contribution is -0.137. The molecular formula is C11H10ClN3O2. The third kappa shape index (κ3) is 1.86. The molecule has 2 heterocycles. The molecule has 0 atom stereocenters. The fourth-order valence-electron chi connectivity index (χ4n) is 1.95. The minimum absolute atomic E-state index is 0.100. The summed E-state index contributed by atoms with van der Waals surface area (Å²) in [4.78, 5) is 19.5. The van der Waals surface area contributed by atoms with E-state index in [1.807, 2.05) is 0 Å². The second-order valence-corrected chi connectivity index (χ2v) is 4.66. The van der Waals surface area contributed by atoms with Crippen molar-refractivity contribution in [1.29, 1.82) is 0 Å². The first-order chi connectivity index (χ1) is 8.15. The van der Waals surface area contributed by atoms with Crippen LogP contribution in [0.3, 0.4) is 0 Å². The predicted octanol–water partition coefficient (Wildman–Crippen LogP) is 2.05. The van der Waals surface area contributed by atoms with E-state index in [0.717, 1.165) is 18.7 Å². The Kier molecular flexibility index (Phi) is 2.29. The molecule has 1 aliphatic carbocycles. The van der Waals surface area contributed by atoms with Crippen molar-refractivity contribution in [1.82, 2.24) is 14.5 Å². The summed E-state index contributed by atoms with van der Waals surface area (Å²) < 4.78 is 1.67. The van der Waals surface area contributed by atoms with Crippen LogP contribution in [0.15, 0.2) is 12.3 Å². The normalized spacial score (nSPS) is 15.4. The van der Waals surface area contributed by atoms with Crippen molar-refractivity contribution in [2.75, 3.05) is 0 Å². The summed E-state index contributed by atoms with van der Waals surface area (Å²) >= 11 is 5.85. The molecule has 1 aliphatic rings. The number of fused-ring (bicyclic) bond motifs is 1. The number of aromatic nitrogens is 3. The van der Waals surface area contributed by atoms with E-state index >= 15 is 0 Å². The molecule has 1 fully saturated rings. The van der Waals surface area contributed by atoms with Gasteiger partial charge in [0.05, 0.1) is 5.02 Å². The van der Waals surface area contributed by atoms with E-state index in [9.17, 15) is 4.79 Å². The van der Waals surface area contributed by atoms with Crippen molar-refractivity contribution in [3.05, 3.63) is 23.1 Å². The number of rotatable bonds is 3. The van der Waals surface area contributed by atoms with Gasteiger partial charge in [-0.3, -0.25) is 4.79 Å². The maximum Gasteiger partial charge on any atom is 0.323 e. The Labute approximate surface area is 102 Å². The number of halogens is 1. The number of aliphatic carboxylic acids is 1. The van der Waals surface area contributed by atoms with E-state index in [2.05, 4.69) is 9.97 Å². The topological polar surface area (TPSA) is 68.0 Å². The molecule has 5 nitrogen and oxygen atoms in total. The van der Waals surface area contributed by atoms with Gasteiger partial charge in [0.15, 0.2) is 5.65 Å². The molecule has 3 rings (SSSR count). The van der Waals surface area contributed by atoms with Crippen LogP contribution in [0.2, 0.25) is 5.02 Å². The summed E-state index contributed by atoms with van der Waals surface area (Å²) in [7, 11) is 0. The van der Waals surface area contributed by atoms with E-state index in [-0.39, 0.29) is 6.54 Å². The molecule has 0 bridgehead atoms. The highest BCUT2D eigenvalue weighted by molar-refractivity contribution is 6.31. The summed E-state index contributed by atoms with van der Waals surface area (Å²) in [6, 6.07) is 1.72. The Balaban J connectivity index is 2.19. The molecule has 2 aromatic rings. The Morgan fingerprint density at radius 2 is 2.35 bits per heavy atom. The average Bonchev–Trinajstić information content (AvgIpc) is 3.03. The van der Waals surface area contributed by atoms with Crippen LogP contribution in [0.4, 0.5) is 0 Å². The van der Waals surface area contributed by atoms with Crippen LogP contribution in [0.25, 0.3) is 11.2 Å². The zero-order valence-corrected chi connectivity index (χ0v) is 9.68. The number of hydrogen-bond acceptors (Lipinski definition) is 3. The molecule has 88 valence electrons. The Bertz CT molecular complexity index is 604. The predicted molar refractivity (Wildman–Crippen MR) is 62.1 cm³/mol. The van der Waals surface area contributed by atoms with Gasteiger partial charge in [0.2, 0.25) is 0 Å². The van der Waals surface area contributed by atoms with Gasteiger partial charge in [-0.25, -0.2) is 9.97 Å². The van der Waals surface area contributed by atoms with Crippen molar-refractivity contribution in [3.63, 3.8) is 0 Å².